The van der Waals surface area contributed by atoms with Crippen molar-refractivity contribution in [1.29, 1.82) is 0 Å². The number of esters is 1. The molecule has 0 spiro atoms. The fourth-order valence-electron chi connectivity index (χ4n) is 5.45. The Morgan fingerprint density at radius 3 is 2.09 bits per heavy atom. The molecule has 0 bridgehead atoms. The summed E-state index contributed by atoms with van der Waals surface area (Å²) in [5.74, 6) is 0.992. The van der Waals surface area contributed by atoms with Gasteiger partial charge in [0, 0.05) is 12.5 Å². The second-order valence-corrected chi connectivity index (χ2v) is 10.8. The Kier molecular flexibility index (Phi) is 13.0. The highest BCUT2D eigenvalue weighted by molar-refractivity contribution is 5.72. The zero-order chi connectivity index (χ0) is 24.8. The van der Waals surface area contributed by atoms with Crippen molar-refractivity contribution >= 4 is 5.97 Å². The van der Waals surface area contributed by atoms with Gasteiger partial charge < -0.3 is 14.4 Å². The predicted octanol–water partition coefficient (Wildman–Crippen LogP) is 7.75. The zero-order valence-electron chi connectivity index (χ0n) is 22.7. The van der Waals surface area contributed by atoms with Gasteiger partial charge in [-0.05, 0) is 63.9 Å². The second kappa shape index (κ2) is 15.4. The molecular weight excluding hydrogens is 422 g/mol. The molecule has 0 saturated heterocycles. The lowest BCUT2D eigenvalue weighted by molar-refractivity contribution is -0.172. The van der Waals surface area contributed by atoms with E-state index in [2.05, 4.69) is 45.0 Å². The lowest BCUT2D eigenvalue weighted by Gasteiger charge is -2.44. The summed E-state index contributed by atoms with van der Waals surface area (Å²) >= 11 is 0. The van der Waals surface area contributed by atoms with Crippen molar-refractivity contribution in [1.82, 2.24) is 4.90 Å². The molecule has 1 aliphatic carbocycles. The summed E-state index contributed by atoms with van der Waals surface area (Å²) in [5, 5.41) is 0. The lowest BCUT2D eigenvalue weighted by Crippen LogP contribution is -2.47. The molecule has 0 N–H and O–H groups in total. The Labute approximate surface area is 209 Å². The third-order valence-corrected chi connectivity index (χ3v) is 7.60. The summed E-state index contributed by atoms with van der Waals surface area (Å²) in [5.41, 5.74) is 0.821. The van der Waals surface area contributed by atoms with Crippen LogP contribution in [0.1, 0.15) is 115 Å². The second-order valence-electron chi connectivity index (χ2n) is 10.8. The van der Waals surface area contributed by atoms with E-state index in [0.29, 0.717) is 0 Å². The lowest BCUT2D eigenvalue weighted by atomic mass is 9.72. The number of hydrogen-bond acceptors (Lipinski definition) is 4. The van der Waals surface area contributed by atoms with Crippen molar-refractivity contribution < 1.29 is 14.3 Å². The van der Waals surface area contributed by atoms with E-state index in [1.807, 2.05) is 12.1 Å². The SMILES string of the molecule is CCCCCCCCCCC(C)C(=O)OC1(C(CN(C)C)c2ccc(OC)cc2)CCCCC1. The highest BCUT2D eigenvalue weighted by atomic mass is 16.6. The molecule has 1 aromatic rings. The molecule has 2 unspecified atom stereocenters. The van der Waals surface area contributed by atoms with Crippen molar-refractivity contribution in [2.45, 2.75) is 115 Å². The molecule has 34 heavy (non-hydrogen) atoms. The van der Waals surface area contributed by atoms with Gasteiger partial charge in [0.1, 0.15) is 11.4 Å². The van der Waals surface area contributed by atoms with Crippen molar-refractivity contribution in [3.8, 4) is 5.75 Å². The van der Waals surface area contributed by atoms with Crippen LogP contribution in [0.15, 0.2) is 24.3 Å². The molecule has 1 aliphatic rings. The van der Waals surface area contributed by atoms with Gasteiger partial charge in [0.15, 0.2) is 0 Å². The summed E-state index contributed by atoms with van der Waals surface area (Å²) in [7, 11) is 5.92. The molecule has 0 amide bonds. The summed E-state index contributed by atoms with van der Waals surface area (Å²) in [6, 6.07) is 8.37. The van der Waals surface area contributed by atoms with Gasteiger partial charge in [-0.25, -0.2) is 0 Å². The topological polar surface area (TPSA) is 38.8 Å². The minimum absolute atomic E-state index is 0.00196. The van der Waals surface area contributed by atoms with Crippen molar-refractivity contribution in [3.63, 3.8) is 0 Å². The smallest absolute Gasteiger partial charge is 0.309 e. The minimum atomic E-state index is -0.415. The van der Waals surface area contributed by atoms with Crippen LogP contribution in [-0.2, 0) is 9.53 Å². The standard InChI is InChI=1S/C30H51NO3/c1-6-7-8-9-10-11-12-14-17-25(2)29(32)34-30(22-15-13-16-23-30)28(24-31(3)4)26-18-20-27(33-5)21-19-26/h18-21,25,28H,6-17,22-24H2,1-5H3. The van der Waals surface area contributed by atoms with Crippen LogP contribution in [-0.4, -0.2) is 44.2 Å². The van der Waals surface area contributed by atoms with E-state index in [4.69, 9.17) is 9.47 Å². The largest absolute Gasteiger partial charge is 0.497 e. The van der Waals surface area contributed by atoms with Gasteiger partial charge in [0.05, 0.1) is 13.0 Å². The Morgan fingerprint density at radius 1 is 0.941 bits per heavy atom. The molecule has 0 aromatic heterocycles. The summed E-state index contributed by atoms with van der Waals surface area (Å²) < 4.78 is 11.9. The quantitative estimate of drug-likeness (QED) is 0.182. The van der Waals surface area contributed by atoms with Gasteiger partial charge in [-0.15, -0.1) is 0 Å². The van der Waals surface area contributed by atoms with Crippen molar-refractivity contribution in [2.75, 3.05) is 27.7 Å². The number of likely N-dealkylation sites (N-methyl/N-ethyl adjacent to an activating group) is 1. The average molecular weight is 474 g/mol. The van der Waals surface area contributed by atoms with Crippen LogP contribution in [0.2, 0.25) is 0 Å². The molecule has 0 aliphatic heterocycles. The first-order chi connectivity index (χ1) is 16.4. The molecule has 0 heterocycles. The number of unbranched alkanes of at least 4 members (excludes halogenated alkanes) is 7. The molecule has 1 aromatic carbocycles. The van der Waals surface area contributed by atoms with Crippen molar-refractivity contribution in [3.05, 3.63) is 29.8 Å². The maximum atomic E-state index is 13.3. The van der Waals surface area contributed by atoms with Crippen LogP contribution < -0.4 is 4.74 Å². The predicted molar refractivity (Wildman–Crippen MR) is 143 cm³/mol. The molecule has 1 fully saturated rings. The monoisotopic (exact) mass is 473 g/mol. The number of carbonyl (C=O) groups excluding carboxylic acids is 1. The molecule has 194 valence electrons. The Bertz CT molecular complexity index is 679. The third-order valence-electron chi connectivity index (χ3n) is 7.60. The van der Waals surface area contributed by atoms with E-state index in [1.54, 1.807) is 7.11 Å². The number of hydrogen-bond donors (Lipinski definition) is 0. The first-order valence-electron chi connectivity index (χ1n) is 13.9. The summed E-state index contributed by atoms with van der Waals surface area (Å²) in [6.07, 6.45) is 16.7. The highest BCUT2D eigenvalue weighted by Crippen LogP contribution is 2.44. The minimum Gasteiger partial charge on any atom is -0.497 e. The Morgan fingerprint density at radius 2 is 1.53 bits per heavy atom. The number of carbonyl (C=O) groups is 1. The van der Waals surface area contributed by atoms with E-state index in [0.717, 1.165) is 50.8 Å². The van der Waals surface area contributed by atoms with Gasteiger partial charge in [0.25, 0.3) is 0 Å². The molecular formula is C30H51NO3. The zero-order valence-corrected chi connectivity index (χ0v) is 22.7. The molecule has 1 saturated carbocycles. The van der Waals surface area contributed by atoms with Crippen LogP contribution in [0.3, 0.4) is 0 Å². The van der Waals surface area contributed by atoms with Gasteiger partial charge in [-0.3, -0.25) is 4.79 Å². The first kappa shape index (κ1) is 28.7. The first-order valence-corrected chi connectivity index (χ1v) is 13.9. The number of rotatable bonds is 16. The van der Waals surface area contributed by atoms with Crippen LogP contribution >= 0.6 is 0 Å². The van der Waals surface area contributed by atoms with E-state index >= 15 is 0 Å². The molecule has 2 rings (SSSR count). The molecule has 4 heteroatoms. The normalized spacial score (nSPS) is 17.4. The van der Waals surface area contributed by atoms with E-state index in [1.165, 1.54) is 56.9 Å². The summed E-state index contributed by atoms with van der Waals surface area (Å²) in [4.78, 5) is 15.5. The van der Waals surface area contributed by atoms with E-state index < -0.39 is 5.60 Å². The van der Waals surface area contributed by atoms with Crippen LogP contribution in [0.25, 0.3) is 0 Å². The number of ether oxygens (including phenoxy) is 2. The summed E-state index contributed by atoms with van der Waals surface area (Å²) in [6.45, 7) is 5.19. The number of benzene rings is 1. The third kappa shape index (κ3) is 9.24. The van der Waals surface area contributed by atoms with Gasteiger partial charge >= 0.3 is 5.97 Å². The number of methoxy groups -OCH3 is 1. The maximum absolute atomic E-state index is 13.3. The van der Waals surface area contributed by atoms with Crippen LogP contribution in [0.4, 0.5) is 0 Å². The number of nitrogens with zero attached hydrogens (tertiary/aromatic N) is 1. The molecule has 0 radical (unpaired) electrons. The Balaban J connectivity index is 2.01. The highest BCUT2D eigenvalue weighted by Gasteiger charge is 2.44. The molecule has 4 nitrogen and oxygen atoms in total. The van der Waals surface area contributed by atoms with Crippen molar-refractivity contribution in [2.24, 2.45) is 5.92 Å². The van der Waals surface area contributed by atoms with Gasteiger partial charge in [0.2, 0.25) is 0 Å². The fourth-order valence-corrected chi connectivity index (χ4v) is 5.45. The van der Waals surface area contributed by atoms with Gasteiger partial charge in [-0.1, -0.05) is 83.8 Å². The molecule has 2 atom stereocenters. The Hall–Kier alpha value is -1.55. The fraction of sp³-hybridized carbons (Fsp3) is 0.767. The van der Waals surface area contributed by atoms with E-state index in [-0.39, 0.29) is 17.8 Å². The van der Waals surface area contributed by atoms with E-state index in [9.17, 15) is 4.79 Å². The van der Waals surface area contributed by atoms with Crippen LogP contribution in [0.5, 0.6) is 5.75 Å². The maximum Gasteiger partial charge on any atom is 0.309 e. The van der Waals surface area contributed by atoms with Crippen LogP contribution in [0, 0.1) is 5.92 Å². The average Bonchev–Trinajstić information content (AvgIpc) is 2.84. The van der Waals surface area contributed by atoms with Gasteiger partial charge in [-0.2, -0.15) is 0 Å².